The SMILES string of the molecule is CCOC(=O)c1c(-c2ccc(F)cc2)csc1NC(=O)c1cncc(Br)c1. The summed E-state index contributed by atoms with van der Waals surface area (Å²) < 4.78 is 19.0. The number of aromatic nitrogens is 1. The van der Waals surface area contributed by atoms with Crippen LogP contribution in [0.1, 0.15) is 27.6 Å². The summed E-state index contributed by atoms with van der Waals surface area (Å²) in [6, 6.07) is 7.40. The van der Waals surface area contributed by atoms with Crippen molar-refractivity contribution in [1.29, 1.82) is 0 Å². The van der Waals surface area contributed by atoms with Gasteiger partial charge in [0.15, 0.2) is 0 Å². The zero-order valence-electron chi connectivity index (χ0n) is 14.2. The molecule has 0 atom stereocenters. The van der Waals surface area contributed by atoms with Crippen LogP contribution in [0.25, 0.3) is 11.1 Å². The highest BCUT2D eigenvalue weighted by Gasteiger charge is 2.23. The number of carbonyl (C=O) groups is 2. The first kappa shape index (κ1) is 19.2. The molecule has 3 aromatic rings. The Balaban J connectivity index is 1.98. The van der Waals surface area contributed by atoms with Crippen LogP contribution in [0, 0.1) is 5.82 Å². The highest BCUT2D eigenvalue weighted by Crippen LogP contribution is 2.36. The van der Waals surface area contributed by atoms with Crippen molar-refractivity contribution in [3.63, 3.8) is 0 Å². The van der Waals surface area contributed by atoms with Gasteiger partial charge in [0.05, 0.1) is 12.2 Å². The molecular formula is C19H14BrFN2O3S. The molecule has 0 radical (unpaired) electrons. The van der Waals surface area contributed by atoms with Gasteiger partial charge in [-0.05, 0) is 46.6 Å². The quantitative estimate of drug-likeness (QED) is 0.548. The van der Waals surface area contributed by atoms with Gasteiger partial charge in [0.1, 0.15) is 16.4 Å². The fourth-order valence-electron chi connectivity index (χ4n) is 2.41. The van der Waals surface area contributed by atoms with Crippen LogP contribution >= 0.6 is 27.3 Å². The summed E-state index contributed by atoms with van der Waals surface area (Å²) in [4.78, 5) is 29.0. The Bertz CT molecular complexity index is 989. The van der Waals surface area contributed by atoms with Crippen LogP contribution < -0.4 is 5.32 Å². The maximum absolute atomic E-state index is 13.2. The van der Waals surface area contributed by atoms with Crippen LogP contribution in [-0.2, 0) is 4.74 Å². The largest absolute Gasteiger partial charge is 0.462 e. The number of rotatable bonds is 5. The minimum absolute atomic E-state index is 0.195. The zero-order chi connectivity index (χ0) is 19.4. The monoisotopic (exact) mass is 448 g/mol. The van der Waals surface area contributed by atoms with E-state index in [1.807, 2.05) is 0 Å². The van der Waals surface area contributed by atoms with Crippen molar-refractivity contribution < 1.29 is 18.7 Å². The second-order valence-corrected chi connectivity index (χ2v) is 7.22. The molecule has 3 rings (SSSR count). The third-order valence-corrected chi connectivity index (χ3v) is 4.95. The maximum Gasteiger partial charge on any atom is 0.341 e. The zero-order valence-corrected chi connectivity index (χ0v) is 16.6. The van der Waals surface area contributed by atoms with Gasteiger partial charge in [-0.2, -0.15) is 0 Å². The number of nitrogens with one attached hydrogen (secondary N) is 1. The van der Waals surface area contributed by atoms with E-state index in [2.05, 4.69) is 26.2 Å². The predicted octanol–water partition coefficient (Wildman–Crippen LogP) is 5.14. The third-order valence-electron chi connectivity index (χ3n) is 3.62. The molecule has 2 aromatic heterocycles. The van der Waals surface area contributed by atoms with Gasteiger partial charge in [-0.1, -0.05) is 12.1 Å². The standard InChI is InChI=1S/C19H14BrFN2O3S/c1-2-26-19(25)16-15(11-3-5-14(21)6-4-11)10-27-18(16)23-17(24)12-7-13(20)9-22-8-12/h3-10H,2H2,1H3,(H,23,24). The lowest BCUT2D eigenvalue weighted by Gasteiger charge is -2.09. The molecule has 1 aromatic carbocycles. The summed E-state index contributed by atoms with van der Waals surface area (Å²) in [6.07, 6.45) is 3.00. The molecule has 0 fully saturated rings. The Morgan fingerprint density at radius 2 is 2.00 bits per heavy atom. The van der Waals surface area contributed by atoms with E-state index in [9.17, 15) is 14.0 Å². The van der Waals surface area contributed by atoms with E-state index in [4.69, 9.17) is 4.74 Å². The molecule has 0 spiro atoms. The van der Waals surface area contributed by atoms with E-state index in [1.54, 1.807) is 36.7 Å². The Hall–Kier alpha value is -2.58. The molecule has 0 saturated heterocycles. The molecule has 5 nitrogen and oxygen atoms in total. The number of thiophene rings is 1. The first-order valence-electron chi connectivity index (χ1n) is 7.96. The van der Waals surface area contributed by atoms with E-state index in [0.29, 0.717) is 26.2 Å². The summed E-state index contributed by atoms with van der Waals surface area (Å²) in [7, 11) is 0. The number of nitrogens with zero attached hydrogens (tertiary/aromatic N) is 1. The predicted molar refractivity (Wildman–Crippen MR) is 106 cm³/mol. The highest BCUT2D eigenvalue weighted by molar-refractivity contribution is 9.10. The number of anilines is 1. The van der Waals surface area contributed by atoms with Crippen molar-refractivity contribution in [2.75, 3.05) is 11.9 Å². The van der Waals surface area contributed by atoms with Crippen molar-refractivity contribution >= 4 is 44.1 Å². The number of halogens is 2. The molecule has 8 heteroatoms. The minimum atomic E-state index is -0.555. The molecule has 27 heavy (non-hydrogen) atoms. The lowest BCUT2D eigenvalue weighted by Crippen LogP contribution is -2.15. The number of hydrogen-bond acceptors (Lipinski definition) is 5. The van der Waals surface area contributed by atoms with E-state index in [0.717, 1.165) is 0 Å². The van der Waals surface area contributed by atoms with Crippen LogP contribution in [0.2, 0.25) is 0 Å². The molecule has 0 aliphatic carbocycles. The molecule has 0 aliphatic heterocycles. The van der Waals surface area contributed by atoms with Gasteiger partial charge in [0.25, 0.3) is 5.91 Å². The molecule has 0 bridgehead atoms. The highest BCUT2D eigenvalue weighted by atomic mass is 79.9. The lowest BCUT2D eigenvalue weighted by molar-refractivity contribution is 0.0529. The molecule has 1 N–H and O–H groups in total. The van der Waals surface area contributed by atoms with Crippen LogP contribution in [-0.4, -0.2) is 23.5 Å². The first-order chi connectivity index (χ1) is 13.0. The van der Waals surface area contributed by atoms with E-state index in [1.165, 1.54) is 29.7 Å². The molecule has 0 aliphatic rings. The van der Waals surface area contributed by atoms with E-state index < -0.39 is 11.9 Å². The number of ether oxygens (including phenoxy) is 1. The topological polar surface area (TPSA) is 68.3 Å². The Labute approximate surface area is 167 Å². The summed E-state index contributed by atoms with van der Waals surface area (Å²) in [5, 5.41) is 4.83. The molecule has 1 amide bonds. The molecule has 0 saturated carbocycles. The number of amides is 1. The number of carbonyl (C=O) groups excluding carboxylic acids is 2. The van der Waals surface area contributed by atoms with Gasteiger partial charge >= 0.3 is 5.97 Å². The van der Waals surface area contributed by atoms with Gasteiger partial charge < -0.3 is 10.1 Å². The smallest absolute Gasteiger partial charge is 0.341 e. The van der Waals surface area contributed by atoms with Gasteiger partial charge in [-0.25, -0.2) is 9.18 Å². The average Bonchev–Trinajstić information content (AvgIpc) is 3.06. The molecule has 0 unspecified atom stereocenters. The van der Waals surface area contributed by atoms with E-state index in [-0.39, 0.29) is 18.0 Å². The maximum atomic E-state index is 13.2. The van der Waals surface area contributed by atoms with Crippen LogP contribution in [0.5, 0.6) is 0 Å². The Morgan fingerprint density at radius 1 is 1.26 bits per heavy atom. The Morgan fingerprint density at radius 3 is 2.67 bits per heavy atom. The molecule has 138 valence electrons. The number of pyridine rings is 1. The van der Waals surface area contributed by atoms with E-state index >= 15 is 0 Å². The van der Waals surface area contributed by atoms with Crippen molar-refractivity contribution in [2.24, 2.45) is 0 Å². The van der Waals surface area contributed by atoms with Crippen molar-refractivity contribution in [2.45, 2.75) is 6.92 Å². The van der Waals surface area contributed by atoms with Gasteiger partial charge in [0.2, 0.25) is 0 Å². The third kappa shape index (κ3) is 4.40. The van der Waals surface area contributed by atoms with Gasteiger partial charge in [-0.15, -0.1) is 11.3 Å². The summed E-state index contributed by atoms with van der Waals surface area (Å²) in [5.74, 6) is -1.33. The molecular weight excluding hydrogens is 435 g/mol. The van der Waals surface area contributed by atoms with Crippen LogP contribution in [0.4, 0.5) is 9.39 Å². The fourth-order valence-corrected chi connectivity index (χ4v) is 3.73. The number of benzene rings is 1. The van der Waals surface area contributed by atoms with Gasteiger partial charge in [-0.3, -0.25) is 9.78 Å². The number of esters is 1. The number of hydrogen-bond donors (Lipinski definition) is 1. The van der Waals surface area contributed by atoms with Crippen LogP contribution in [0.3, 0.4) is 0 Å². The van der Waals surface area contributed by atoms with Gasteiger partial charge in [0, 0.05) is 27.8 Å². The first-order valence-corrected chi connectivity index (χ1v) is 9.63. The molecule has 2 heterocycles. The summed E-state index contributed by atoms with van der Waals surface area (Å²) >= 11 is 4.47. The average molecular weight is 449 g/mol. The Kier molecular flexibility index (Phi) is 5.98. The van der Waals surface area contributed by atoms with Crippen molar-refractivity contribution in [1.82, 2.24) is 4.98 Å². The minimum Gasteiger partial charge on any atom is -0.462 e. The lowest BCUT2D eigenvalue weighted by atomic mass is 10.0. The fraction of sp³-hybridized carbons (Fsp3) is 0.105. The normalized spacial score (nSPS) is 10.5. The summed E-state index contributed by atoms with van der Waals surface area (Å²) in [5.41, 5.74) is 1.81. The second-order valence-electron chi connectivity index (χ2n) is 5.43. The van der Waals surface area contributed by atoms with Crippen LogP contribution in [0.15, 0.2) is 52.6 Å². The summed E-state index contributed by atoms with van der Waals surface area (Å²) in [6.45, 7) is 1.90. The second kappa shape index (κ2) is 8.41. The van der Waals surface area contributed by atoms with Crippen molar-refractivity contribution in [3.05, 3.63) is 69.5 Å². The van der Waals surface area contributed by atoms with Crippen molar-refractivity contribution in [3.8, 4) is 11.1 Å².